The van der Waals surface area contributed by atoms with Crippen LogP contribution in [0.3, 0.4) is 0 Å². The van der Waals surface area contributed by atoms with Gasteiger partial charge < -0.3 is 4.74 Å². The van der Waals surface area contributed by atoms with E-state index in [1.807, 2.05) is 0 Å². The Kier molecular flexibility index (Phi) is 6.25. The minimum atomic E-state index is -0.670. The van der Waals surface area contributed by atoms with Gasteiger partial charge in [-0.3, -0.25) is 4.79 Å². The molecule has 0 N–H and O–H groups in total. The zero-order valence-corrected chi connectivity index (χ0v) is 12.4. The quantitative estimate of drug-likeness (QED) is 0.582. The summed E-state index contributed by atoms with van der Waals surface area (Å²) in [6.07, 6.45) is -0.670. The molecule has 1 unspecified atom stereocenters. The lowest BCUT2D eigenvalue weighted by atomic mass is 10.2. The highest BCUT2D eigenvalue weighted by molar-refractivity contribution is 9.10. The van der Waals surface area contributed by atoms with Crippen LogP contribution in [0.25, 0.3) is 0 Å². The van der Waals surface area contributed by atoms with Gasteiger partial charge in [-0.15, -0.1) is 5.92 Å². The highest BCUT2D eigenvalue weighted by Gasteiger charge is 2.28. The van der Waals surface area contributed by atoms with Crippen LogP contribution in [0.15, 0.2) is 0 Å². The summed E-state index contributed by atoms with van der Waals surface area (Å²) in [5.74, 6) is 4.97. The van der Waals surface area contributed by atoms with Gasteiger partial charge in [0.2, 0.25) is 5.91 Å². The van der Waals surface area contributed by atoms with E-state index >= 15 is 0 Å². The lowest BCUT2D eigenvalue weighted by molar-refractivity contribution is -0.128. The Morgan fingerprint density at radius 1 is 1.41 bits per heavy atom. The van der Waals surface area contributed by atoms with Crippen molar-refractivity contribution in [2.75, 3.05) is 6.54 Å². The van der Waals surface area contributed by atoms with Gasteiger partial charge in [0.15, 0.2) is 0 Å². The van der Waals surface area contributed by atoms with E-state index in [9.17, 15) is 9.59 Å². The van der Waals surface area contributed by atoms with Gasteiger partial charge in [-0.25, -0.2) is 9.69 Å². The number of halogens is 1. The van der Waals surface area contributed by atoms with Crippen molar-refractivity contribution in [3.05, 3.63) is 0 Å². The van der Waals surface area contributed by atoms with Gasteiger partial charge in [0.05, 0.1) is 11.4 Å². The highest BCUT2D eigenvalue weighted by atomic mass is 79.9. The third-order valence-corrected chi connectivity index (χ3v) is 2.03. The summed E-state index contributed by atoms with van der Waals surface area (Å²) >= 11 is 3.13. The van der Waals surface area contributed by atoms with E-state index in [4.69, 9.17) is 4.74 Å². The van der Waals surface area contributed by atoms with E-state index in [1.54, 1.807) is 34.6 Å². The Labute approximate surface area is 111 Å². The molecule has 0 radical (unpaired) electrons. The molecule has 0 saturated carbocycles. The summed E-state index contributed by atoms with van der Waals surface area (Å²) in [5.41, 5.74) is -0.634. The maximum atomic E-state index is 11.8. The molecular weight excluding hydrogens is 286 g/mol. The SMILES string of the molecule is CC#CCN(C(=O)OC(C)(C)C)C(=O)C(C)Br. The molecule has 5 heteroatoms. The monoisotopic (exact) mass is 303 g/mol. The second kappa shape index (κ2) is 6.65. The van der Waals surface area contributed by atoms with Crippen molar-refractivity contribution in [3.63, 3.8) is 0 Å². The molecule has 0 aliphatic heterocycles. The molecule has 0 rings (SSSR count). The largest absolute Gasteiger partial charge is 0.443 e. The number of hydrogen-bond donors (Lipinski definition) is 0. The van der Waals surface area contributed by atoms with Crippen LogP contribution in [0.4, 0.5) is 4.79 Å². The van der Waals surface area contributed by atoms with Crippen LogP contribution in [0.5, 0.6) is 0 Å². The normalized spacial score (nSPS) is 12.1. The number of hydrogen-bond acceptors (Lipinski definition) is 3. The Hall–Kier alpha value is -1.02. The zero-order chi connectivity index (χ0) is 13.6. The van der Waals surface area contributed by atoms with Crippen molar-refractivity contribution in [1.29, 1.82) is 0 Å². The molecule has 17 heavy (non-hydrogen) atoms. The Morgan fingerprint density at radius 3 is 2.29 bits per heavy atom. The molecule has 0 fully saturated rings. The van der Waals surface area contributed by atoms with Gasteiger partial charge in [-0.1, -0.05) is 21.9 Å². The second-order valence-corrected chi connectivity index (χ2v) is 5.82. The molecule has 0 aliphatic rings. The molecule has 0 aromatic heterocycles. The number of imide groups is 1. The molecule has 0 saturated heterocycles. The fourth-order valence-corrected chi connectivity index (χ4v) is 1.17. The molecule has 0 aliphatic carbocycles. The van der Waals surface area contributed by atoms with Crippen molar-refractivity contribution in [2.45, 2.75) is 45.0 Å². The molecule has 96 valence electrons. The number of ether oxygens (including phenoxy) is 1. The van der Waals surface area contributed by atoms with E-state index in [0.29, 0.717) is 0 Å². The maximum Gasteiger partial charge on any atom is 0.417 e. The summed E-state index contributed by atoms with van der Waals surface area (Å²) in [6.45, 7) is 8.58. The zero-order valence-electron chi connectivity index (χ0n) is 10.8. The molecule has 0 bridgehead atoms. The molecule has 0 heterocycles. The molecule has 0 spiro atoms. The first-order valence-electron chi connectivity index (χ1n) is 5.27. The number of rotatable bonds is 2. The summed E-state index contributed by atoms with van der Waals surface area (Å²) in [6, 6.07) is 0. The van der Waals surface area contributed by atoms with E-state index in [1.165, 1.54) is 0 Å². The lowest BCUT2D eigenvalue weighted by Crippen LogP contribution is -2.43. The molecule has 0 aromatic carbocycles. The third-order valence-electron chi connectivity index (χ3n) is 1.63. The van der Waals surface area contributed by atoms with Gasteiger partial charge in [-0.05, 0) is 34.6 Å². The average Bonchev–Trinajstić information content (AvgIpc) is 2.15. The van der Waals surface area contributed by atoms with Crippen LogP contribution in [-0.2, 0) is 9.53 Å². The summed E-state index contributed by atoms with van der Waals surface area (Å²) < 4.78 is 5.15. The summed E-state index contributed by atoms with van der Waals surface area (Å²) in [7, 11) is 0. The topological polar surface area (TPSA) is 46.6 Å². The van der Waals surface area contributed by atoms with Crippen LogP contribution >= 0.6 is 15.9 Å². The van der Waals surface area contributed by atoms with E-state index < -0.39 is 16.5 Å². The molecule has 2 amide bonds. The predicted molar refractivity (Wildman–Crippen MR) is 69.8 cm³/mol. The number of amides is 2. The number of alkyl halides is 1. The van der Waals surface area contributed by atoms with Crippen LogP contribution < -0.4 is 0 Å². The van der Waals surface area contributed by atoms with E-state index in [0.717, 1.165) is 4.90 Å². The van der Waals surface area contributed by atoms with Crippen LogP contribution in [0.1, 0.15) is 34.6 Å². The average molecular weight is 304 g/mol. The first-order chi connectivity index (χ1) is 7.69. The number of carbonyl (C=O) groups is 2. The van der Waals surface area contributed by atoms with Crippen LogP contribution in [-0.4, -0.2) is 33.9 Å². The molecule has 1 atom stereocenters. The minimum Gasteiger partial charge on any atom is -0.443 e. The first-order valence-corrected chi connectivity index (χ1v) is 6.18. The fourth-order valence-electron chi connectivity index (χ4n) is 0.922. The Morgan fingerprint density at radius 2 is 1.94 bits per heavy atom. The van der Waals surface area contributed by atoms with Gasteiger partial charge in [-0.2, -0.15) is 0 Å². The van der Waals surface area contributed by atoms with Crippen molar-refractivity contribution in [1.82, 2.24) is 4.90 Å². The first kappa shape index (κ1) is 16.0. The van der Waals surface area contributed by atoms with Crippen molar-refractivity contribution in [2.24, 2.45) is 0 Å². The smallest absolute Gasteiger partial charge is 0.417 e. The highest BCUT2D eigenvalue weighted by Crippen LogP contribution is 2.12. The Bertz CT molecular complexity index is 347. The summed E-state index contributed by atoms with van der Waals surface area (Å²) in [5, 5.41) is 0. The van der Waals surface area contributed by atoms with E-state index in [2.05, 4.69) is 27.8 Å². The van der Waals surface area contributed by atoms with Gasteiger partial charge >= 0.3 is 6.09 Å². The number of carbonyl (C=O) groups excluding carboxylic acids is 2. The predicted octanol–water partition coefficient (Wildman–Crippen LogP) is 2.56. The van der Waals surface area contributed by atoms with Crippen molar-refractivity contribution in [3.8, 4) is 11.8 Å². The molecule has 0 aromatic rings. The second-order valence-electron chi connectivity index (χ2n) is 4.45. The van der Waals surface area contributed by atoms with Gasteiger partial charge in [0, 0.05) is 0 Å². The molecule has 4 nitrogen and oxygen atoms in total. The van der Waals surface area contributed by atoms with Crippen molar-refractivity contribution < 1.29 is 14.3 Å². The van der Waals surface area contributed by atoms with Gasteiger partial charge in [0.25, 0.3) is 0 Å². The standard InChI is InChI=1S/C12H18BrNO3/c1-6-7-8-14(10(15)9(2)13)11(16)17-12(3,4)5/h9H,8H2,1-5H3. The lowest BCUT2D eigenvalue weighted by Gasteiger charge is -2.25. The molecular formula is C12H18BrNO3. The number of nitrogens with zero attached hydrogens (tertiary/aromatic N) is 1. The fraction of sp³-hybridized carbons (Fsp3) is 0.667. The minimum absolute atomic E-state index is 0.0419. The summed E-state index contributed by atoms with van der Waals surface area (Å²) in [4.78, 5) is 24.1. The Balaban J connectivity index is 4.84. The van der Waals surface area contributed by atoms with Crippen LogP contribution in [0.2, 0.25) is 0 Å². The van der Waals surface area contributed by atoms with Gasteiger partial charge in [0.1, 0.15) is 5.60 Å². The van der Waals surface area contributed by atoms with Crippen molar-refractivity contribution >= 4 is 27.9 Å². The third kappa shape index (κ3) is 6.32. The van der Waals surface area contributed by atoms with Crippen LogP contribution in [0, 0.1) is 11.8 Å². The maximum absolute atomic E-state index is 11.8. The van der Waals surface area contributed by atoms with E-state index in [-0.39, 0.29) is 12.5 Å².